The lowest BCUT2D eigenvalue weighted by molar-refractivity contribution is -0.121. The van der Waals surface area contributed by atoms with E-state index < -0.39 is 0 Å². The average Bonchev–Trinajstić information content (AvgIpc) is 3.05. The molecular formula is C14H18N2O4. The maximum Gasteiger partial charge on any atom is 0.224 e. The van der Waals surface area contributed by atoms with E-state index >= 15 is 0 Å². The van der Waals surface area contributed by atoms with E-state index in [1.54, 1.807) is 26.4 Å². The maximum atomic E-state index is 11.9. The van der Waals surface area contributed by atoms with Crippen molar-refractivity contribution in [2.45, 2.75) is 26.4 Å². The molecule has 0 aliphatic carbocycles. The summed E-state index contributed by atoms with van der Waals surface area (Å²) in [6, 6.07) is 3.60. The number of furan rings is 1. The number of amides is 1. The van der Waals surface area contributed by atoms with Gasteiger partial charge in [-0.3, -0.25) is 4.79 Å². The lowest BCUT2D eigenvalue weighted by Crippen LogP contribution is -2.30. The first-order valence-corrected chi connectivity index (χ1v) is 6.36. The van der Waals surface area contributed by atoms with Gasteiger partial charge in [-0.1, -0.05) is 5.16 Å². The van der Waals surface area contributed by atoms with Crippen molar-refractivity contribution in [1.82, 2.24) is 10.5 Å². The highest BCUT2D eigenvalue weighted by Crippen LogP contribution is 2.16. The van der Waals surface area contributed by atoms with Gasteiger partial charge in [-0.05, 0) is 26.0 Å². The fourth-order valence-corrected chi connectivity index (χ4v) is 1.96. The number of methoxy groups -OCH3 is 1. The second-order valence-corrected chi connectivity index (χ2v) is 4.52. The Morgan fingerprint density at radius 3 is 2.85 bits per heavy atom. The lowest BCUT2D eigenvalue weighted by atomic mass is 10.1. The van der Waals surface area contributed by atoms with Gasteiger partial charge in [0, 0.05) is 12.7 Å². The van der Waals surface area contributed by atoms with Gasteiger partial charge in [0.05, 0.1) is 24.9 Å². The van der Waals surface area contributed by atoms with Gasteiger partial charge in [-0.25, -0.2) is 0 Å². The van der Waals surface area contributed by atoms with E-state index in [0.717, 1.165) is 11.3 Å². The van der Waals surface area contributed by atoms with Crippen molar-refractivity contribution in [2.75, 3.05) is 13.7 Å². The van der Waals surface area contributed by atoms with Gasteiger partial charge < -0.3 is 19.0 Å². The number of nitrogens with zero attached hydrogens (tertiary/aromatic N) is 1. The van der Waals surface area contributed by atoms with Crippen LogP contribution in [0.5, 0.6) is 0 Å². The van der Waals surface area contributed by atoms with Crippen LogP contribution in [-0.2, 0) is 16.0 Å². The van der Waals surface area contributed by atoms with Crippen molar-refractivity contribution in [2.24, 2.45) is 0 Å². The molecule has 20 heavy (non-hydrogen) atoms. The summed E-state index contributed by atoms with van der Waals surface area (Å²) in [5, 5.41) is 6.65. The first-order valence-electron chi connectivity index (χ1n) is 6.36. The first kappa shape index (κ1) is 14.3. The standard InChI is InChI=1S/C14H18N2O4/c1-9-11(10(2)20-16-9)7-14(17)15-8-13(18-3)12-5-4-6-19-12/h4-6,13H,7-8H2,1-3H3,(H,15,17)/t13-/m0/s1. The Labute approximate surface area is 117 Å². The van der Waals surface area contributed by atoms with Crippen molar-refractivity contribution in [1.29, 1.82) is 0 Å². The molecule has 0 unspecified atom stereocenters. The van der Waals surface area contributed by atoms with Crippen molar-refractivity contribution >= 4 is 5.91 Å². The highest BCUT2D eigenvalue weighted by molar-refractivity contribution is 5.79. The summed E-state index contributed by atoms with van der Waals surface area (Å²) in [6.45, 7) is 3.97. The van der Waals surface area contributed by atoms with Gasteiger partial charge >= 0.3 is 0 Å². The lowest BCUT2D eigenvalue weighted by Gasteiger charge is -2.13. The molecule has 0 aromatic carbocycles. The second-order valence-electron chi connectivity index (χ2n) is 4.52. The van der Waals surface area contributed by atoms with Gasteiger partial charge in [0.2, 0.25) is 5.91 Å². The Morgan fingerprint density at radius 1 is 1.50 bits per heavy atom. The summed E-state index contributed by atoms with van der Waals surface area (Å²) in [6.07, 6.45) is 1.53. The molecule has 108 valence electrons. The topological polar surface area (TPSA) is 77.5 Å². The molecule has 1 N–H and O–H groups in total. The third-order valence-corrected chi connectivity index (χ3v) is 3.15. The van der Waals surface area contributed by atoms with Crippen LogP contribution in [0.15, 0.2) is 27.3 Å². The average molecular weight is 278 g/mol. The third kappa shape index (κ3) is 3.27. The molecule has 6 heteroatoms. The quantitative estimate of drug-likeness (QED) is 0.873. The van der Waals surface area contributed by atoms with Crippen LogP contribution in [0.4, 0.5) is 0 Å². The van der Waals surface area contributed by atoms with Crippen LogP contribution in [0.3, 0.4) is 0 Å². The van der Waals surface area contributed by atoms with Gasteiger partial charge in [-0.2, -0.15) is 0 Å². The smallest absolute Gasteiger partial charge is 0.224 e. The second kappa shape index (κ2) is 6.38. The minimum atomic E-state index is -0.293. The van der Waals surface area contributed by atoms with Crippen LogP contribution in [-0.4, -0.2) is 24.7 Å². The molecule has 0 bridgehead atoms. The molecule has 0 fully saturated rings. The van der Waals surface area contributed by atoms with Crippen LogP contribution >= 0.6 is 0 Å². The summed E-state index contributed by atoms with van der Waals surface area (Å²) in [5.74, 6) is 1.25. The van der Waals surface area contributed by atoms with Crippen molar-refractivity contribution < 1.29 is 18.5 Å². The Bertz CT molecular complexity index is 540. The fraction of sp³-hybridized carbons (Fsp3) is 0.429. The van der Waals surface area contributed by atoms with E-state index in [1.165, 1.54) is 0 Å². The zero-order valence-electron chi connectivity index (χ0n) is 11.8. The maximum absolute atomic E-state index is 11.9. The van der Waals surface area contributed by atoms with Gasteiger partial charge in [0.1, 0.15) is 17.6 Å². The molecule has 0 radical (unpaired) electrons. The van der Waals surface area contributed by atoms with E-state index in [4.69, 9.17) is 13.7 Å². The summed E-state index contributed by atoms with van der Waals surface area (Å²) >= 11 is 0. The zero-order chi connectivity index (χ0) is 14.5. The monoisotopic (exact) mass is 278 g/mol. The molecule has 0 saturated heterocycles. The van der Waals surface area contributed by atoms with Crippen LogP contribution in [0.25, 0.3) is 0 Å². The largest absolute Gasteiger partial charge is 0.467 e. The minimum absolute atomic E-state index is 0.104. The van der Waals surface area contributed by atoms with E-state index in [9.17, 15) is 4.79 Å². The SMILES string of the molecule is CO[C@@H](CNC(=O)Cc1c(C)noc1C)c1ccco1. The molecule has 0 aliphatic rings. The number of aryl methyl sites for hydroxylation is 2. The van der Waals surface area contributed by atoms with E-state index in [2.05, 4.69) is 10.5 Å². The Balaban J connectivity index is 1.89. The molecule has 0 aliphatic heterocycles. The number of ether oxygens (including phenoxy) is 1. The van der Waals surface area contributed by atoms with E-state index in [0.29, 0.717) is 18.1 Å². The van der Waals surface area contributed by atoms with Crippen LogP contribution in [0, 0.1) is 13.8 Å². The van der Waals surface area contributed by atoms with Gasteiger partial charge in [0.25, 0.3) is 0 Å². The highest BCUT2D eigenvalue weighted by Gasteiger charge is 2.17. The molecule has 0 saturated carbocycles. The van der Waals surface area contributed by atoms with Crippen LogP contribution < -0.4 is 5.32 Å². The van der Waals surface area contributed by atoms with E-state index in [1.807, 2.05) is 13.0 Å². The highest BCUT2D eigenvalue weighted by atomic mass is 16.5. The predicted molar refractivity (Wildman–Crippen MR) is 71.1 cm³/mol. The third-order valence-electron chi connectivity index (χ3n) is 3.15. The molecule has 2 rings (SSSR count). The number of nitrogens with one attached hydrogen (secondary N) is 1. The van der Waals surface area contributed by atoms with Crippen LogP contribution in [0.1, 0.15) is 28.9 Å². The molecule has 2 aromatic rings. The molecule has 6 nitrogen and oxygen atoms in total. The first-order chi connectivity index (χ1) is 9.61. The molecule has 1 amide bonds. The van der Waals surface area contributed by atoms with Gasteiger partial charge in [-0.15, -0.1) is 0 Å². The Hall–Kier alpha value is -2.08. The molecular weight excluding hydrogens is 260 g/mol. The number of aromatic nitrogens is 1. The fourth-order valence-electron chi connectivity index (χ4n) is 1.96. The predicted octanol–water partition coefficient (Wildman–Crippen LogP) is 1.93. The summed E-state index contributed by atoms with van der Waals surface area (Å²) in [7, 11) is 1.58. The Morgan fingerprint density at radius 2 is 2.30 bits per heavy atom. The van der Waals surface area contributed by atoms with Crippen molar-refractivity contribution in [3.05, 3.63) is 41.2 Å². The Kier molecular flexibility index (Phi) is 4.57. The molecule has 2 heterocycles. The van der Waals surface area contributed by atoms with Crippen molar-refractivity contribution in [3.63, 3.8) is 0 Å². The molecule has 2 aromatic heterocycles. The van der Waals surface area contributed by atoms with E-state index in [-0.39, 0.29) is 18.4 Å². The number of hydrogen-bond donors (Lipinski definition) is 1. The summed E-state index contributed by atoms with van der Waals surface area (Å²) in [4.78, 5) is 11.9. The van der Waals surface area contributed by atoms with Crippen LogP contribution in [0.2, 0.25) is 0 Å². The molecule has 1 atom stereocenters. The number of carbonyl (C=O) groups is 1. The van der Waals surface area contributed by atoms with Crippen molar-refractivity contribution in [3.8, 4) is 0 Å². The summed E-state index contributed by atoms with van der Waals surface area (Å²) in [5.41, 5.74) is 1.57. The molecule has 0 spiro atoms. The summed E-state index contributed by atoms with van der Waals surface area (Å²) < 4.78 is 15.6. The number of carbonyl (C=O) groups excluding carboxylic acids is 1. The minimum Gasteiger partial charge on any atom is -0.467 e. The number of rotatable bonds is 6. The zero-order valence-corrected chi connectivity index (χ0v) is 11.8. The normalized spacial score (nSPS) is 12.3. The number of hydrogen-bond acceptors (Lipinski definition) is 5. The van der Waals surface area contributed by atoms with Gasteiger partial charge in [0.15, 0.2) is 0 Å².